The minimum Gasteiger partial charge on any atom is -0.340 e. The van der Waals surface area contributed by atoms with E-state index in [1.807, 2.05) is 32.3 Å². The SMILES string of the molecule is C=Cc1cncc(C2=CCC3C4CCN(C=O)C(C)(CCCCC)C4CCC23C)c1.CC. The number of nitrogens with zero attached hydrogens (tertiary/aromatic N) is 2. The van der Waals surface area contributed by atoms with E-state index < -0.39 is 0 Å². The van der Waals surface area contributed by atoms with Crippen molar-refractivity contribution in [1.29, 1.82) is 0 Å². The molecule has 1 aromatic rings. The van der Waals surface area contributed by atoms with Crippen molar-refractivity contribution in [1.82, 2.24) is 9.88 Å². The van der Waals surface area contributed by atoms with Crippen LogP contribution in [0.1, 0.15) is 97.1 Å². The van der Waals surface area contributed by atoms with Gasteiger partial charge in [-0.2, -0.15) is 0 Å². The number of carbonyl (C=O) groups is 1. The highest BCUT2D eigenvalue weighted by Crippen LogP contribution is 2.63. The van der Waals surface area contributed by atoms with E-state index in [-0.39, 0.29) is 11.0 Å². The van der Waals surface area contributed by atoms with Crippen LogP contribution in [0.3, 0.4) is 0 Å². The molecule has 2 aliphatic carbocycles. The molecular formula is C29H44N2O. The van der Waals surface area contributed by atoms with Crippen LogP contribution in [0.25, 0.3) is 11.6 Å². The van der Waals surface area contributed by atoms with Crippen molar-refractivity contribution in [3.8, 4) is 0 Å². The first-order valence-electron chi connectivity index (χ1n) is 13.0. The van der Waals surface area contributed by atoms with Crippen LogP contribution in [0.15, 0.2) is 31.1 Å². The Morgan fingerprint density at radius 2 is 1.97 bits per heavy atom. The molecule has 0 bridgehead atoms. The Labute approximate surface area is 196 Å². The lowest BCUT2D eigenvalue weighted by Crippen LogP contribution is -2.61. The smallest absolute Gasteiger partial charge is 0.210 e. The molecule has 5 unspecified atom stereocenters. The number of hydrogen-bond donors (Lipinski definition) is 0. The monoisotopic (exact) mass is 436 g/mol. The molecule has 3 heteroatoms. The lowest BCUT2D eigenvalue weighted by molar-refractivity contribution is -0.139. The van der Waals surface area contributed by atoms with Crippen LogP contribution in [-0.2, 0) is 4.79 Å². The molecule has 1 aromatic heterocycles. The van der Waals surface area contributed by atoms with Crippen molar-refractivity contribution in [2.45, 2.75) is 91.5 Å². The van der Waals surface area contributed by atoms with Crippen LogP contribution in [0.5, 0.6) is 0 Å². The molecule has 5 atom stereocenters. The van der Waals surface area contributed by atoms with Crippen molar-refractivity contribution in [2.24, 2.45) is 23.2 Å². The van der Waals surface area contributed by atoms with E-state index in [1.54, 1.807) is 0 Å². The average molecular weight is 437 g/mol. The van der Waals surface area contributed by atoms with Gasteiger partial charge < -0.3 is 4.90 Å². The predicted octanol–water partition coefficient (Wildman–Crippen LogP) is 7.39. The summed E-state index contributed by atoms with van der Waals surface area (Å²) in [7, 11) is 0. The van der Waals surface area contributed by atoms with Crippen molar-refractivity contribution < 1.29 is 4.79 Å². The lowest BCUT2D eigenvalue weighted by atomic mass is 9.52. The number of piperidine rings is 1. The normalized spacial score (nSPS) is 33.3. The first kappa shape index (κ1) is 24.7. The molecule has 4 rings (SSSR count). The Bertz CT molecular complexity index is 830. The number of unbranched alkanes of at least 4 members (excludes halogenated alkanes) is 2. The molecule has 0 aromatic carbocycles. The second kappa shape index (κ2) is 10.4. The van der Waals surface area contributed by atoms with Crippen molar-refractivity contribution in [2.75, 3.05) is 6.54 Å². The van der Waals surface area contributed by atoms with Crippen LogP contribution >= 0.6 is 0 Å². The summed E-state index contributed by atoms with van der Waals surface area (Å²) in [4.78, 5) is 18.6. The summed E-state index contributed by atoms with van der Waals surface area (Å²) in [5.41, 5.74) is 4.10. The molecule has 176 valence electrons. The Morgan fingerprint density at radius 3 is 2.66 bits per heavy atom. The predicted molar refractivity (Wildman–Crippen MR) is 136 cm³/mol. The van der Waals surface area contributed by atoms with Gasteiger partial charge in [0.25, 0.3) is 0 Å². The summed E-state index contributed by atoms with van der Waals surface area (Å²) < 4.78 is 0. The molecular weight excluding hydrogens is 392 g/mol. The minimum atomic E-state index is 0.0221. The molecule has 0 N–H and O–H groups in total. The van der Waals surface area contributed by atoms with Gasteiger partial charge in [0.15, 0.2) is 0 Å². The maximum Gasteiger partial charge on any atom is 0.210 e. The number of fused-ring (bicyclic) bond motifs is 3. The molecule has 1 saturated carbocycles. The van der Waals surface area contributed by atoms with Gasteiger partial charge in [-0.25, -0.2) is 0 Å². The number of pyridine rings is 1. The molecule has 2 fully saturated rings. The number of likely N-dealkylation sites (tertiary alicyclic amines) is 1. The summed E-state index contributed by atoms with van der Waals surface area (Å²) in [5, 5.41) is 0. The fourth-order valence-electron chi connectivity index (χ4n) is 7.19. The van der Waals surface area contributed by atoms with Crippen LogP contribution in [0.2, 0.25) is 0 Å². The Kier molecular flexibility index (Phi) is 8.01. The van der Waals surface area contributed by atoms with Gasteiger partial charge in [-0.15, -0.1) is 0 Å². The summed E-state index contributed by atoms with van der Waals surface area (Å²) in [6, 6.07) is 2.25. The number of rotatable bonds is 7. The maximum atomic E-state index is 12.0. The van der Waals surface area contributed by atoms with Gasteiger partial charge >= 0.3 is 0 Å². The average Bonchev–Trinajstić information content (AvgIpc) is 3.18. The summed E-state index contributed by atoms with van der Waals surface area (Å²) >= 11 is 0. The van der Waals surface area contributed by atoms with E-state index >= 15 is 0 Å². The highest BCUT2D eigenvalue weighted by molar-refractivity contribution is 5.73. The topological polar surface area (TPSA) is 33.2 Å². The van der Waals surface area contributed by atoms with Gasteiger partial charge in [0.05, 0.1) is 0 Å². The molecule has 32 heavy (non-hydrogen) atoms. The molecule has 1 amide bonds. The summed E-state index contributed by atoms with van der Waals surface area (Å²) in [5.74, 6) is 2.01. The fraction of sp³-hybridized carbons (Fsp3) is 0.655. The summed E-state index contributed by atoms with van der Waals surface area (Å²) in [6.07, 6.45) is 19.1. The highest BCUT2D eigenvalue weighted by Gasteiger charge is 2.57. The molecule has 2 heterocycles. The zero-order valence-electron chi connectivity index (χ0n) is 21.1. The highest BCUT2D eigenvalue weighted by atomic mass is 16.1. The van der Waals surface area contributed by atoms with Gasteiger partial charge in [0, 0.05) is 24.5 Å². The molecule has 3 nitrogen and oxygen atoms in total. The molecule has 0 radical (unpaired) electrons. The number of amides is 1. The Morgan fingerprint density at radius 1 is 1.19 bits per heavy atom. The largest absolute Gasteiger partial charge is 0.340 e. The number of hydrogen-bond acceptors (Lipinski definition) is 2. The van der Waals surface area contributed by atoms with Gasteiger partial charge in [0.2, 0.25) is 6.41 Å². The lowest BCUT2D eigenvalue weighted by Gasteiger charge is -2.59. The van der Waals surface area contributed by atoms with Crippen LogP contribution in [-0.4, -0.2) is 28.4 Å². The van der Waals surface area contributed by atoms with E-state index in [2.05, 4.69) is 49.4 Å². The van der Waals surface area contributed by atoms with E-state index in [0.717, 1.165) is 37.8 Å². The standard InChI is InChI=1S/C27H38N2O.C2H6/c1-5-7-8-13-27(4)25-11-14-26(3)23(21-16-20(6-2)17-28-18-21)9-10-24(26)22(25)12-15-29(27)19-30;1-2/h6,9,16-19,22,24-25H,2,5,7-8,10-15H2,1,3-4H3;1-2H3. The van der Waals surface area contributed by atoms with E-state index in [4.69, 9.17) is 0 Å². The number of aromatic nitrogens is 1. The van der Waals surface area contributed by atoms with Gasteiger partial charge in [-0.1, -0.05) is 65.7 Å². The van der Waals surface area contributed by atoms with Gasteiger partial charge in [-0.3, -0.25) is 9.78 Å². The van der Waals surface area contributed by atoms with E-state index in [0.29, 0.717) is 17.8 Å². The first-order chi connectivity index (χ1) is 15.5. The van der Waals surface area contributed by atoms with E-state index in [1.165, 1.54) is 43.2 Å². The summed E-state index contributed by atoms with van der Waals surface area (Å²) in [6.45, 7) is 16.0. The van der Waals surface area contributed by atoms with Crippen LogP contribution in [0, 0.1) is 23.2 Å². The van der Waals surface area contributed by atoms with Crippen molar-refractivity contribution in [3.63, 3.8) is 0 Å². The number of allylic oxidation sites excluding steroid dienone is 2. The zero-order valence-corrected chi connectivity index (χ0v) is 21.1. The van der Waals surface area contributed by atoms with E-state index in [9.17, 15) is 4.79 Å². The first-order valence-corrected chi connectivity index (χ1v) is 13.0. The Balaban J connectivity index is 0.00000141. The van der Waals surface area contributed by atoms with Crippen molar-refractivity contribution in [3.05, 3.63) is 42.2 Å². The minimum absolute atomic E-state index is 0.0221. The maximum absolute atomic E-state index is 12.0. The van der Waals surface area contributed by atoms with Crippen LogP contribution in [0.4, 0.5) is 0 Å². The molecule has 0 spiro atoms. The second-order valence-electron chi connectivity index (χ2n) is 10.3. The third-order valence-corrected chi connectivity index (χ3v) is 8.90. The molecule has 3 aliphatic rings. The van der Waals surface area contributed by atoms with Gasteiger partial charge in [-0.05, 0) is 85.0 Å². The zero-order chi connectivity index (χ0) is 23.4. The number of carbonyl (C=O) groups excluding carboxylic acids is 1. The van der Waals surface area contributed by atoms with Crippen LogP contribution < -0.4 is 0 Å². The second-order valence-corrected chi connectivity index (χ2v) is 10.3. The van der Waals surface area contributed by atoms with Gasteiger partial charge in [0.1, 0.15) is 0 Å². The molecule has 1 saturated heterocycles. The fourth-order valence-corrected chi connectivity index (χ4v) is 7.19. The third kappa shape index (κ3) is 4.20. The molecule has 1 aliphatic heterocycles. The van der Waals surface area contributed by atoms with Crippen molar-refractivity contribution >= 4 is 18.1 Å². The Hall–Kier alpha value is -1.90. The third-order valence-electron chi connectivity index (χ3n) is 8.90. The quantitative estimate of drug-likeness (QED) is 0.330.